The van der Waals surface area contributed by atoms with Crippen molar-refractivity contribution in [2.45, 2.75) is 0 Å². The summed E-state index contributed by atoms with van der Waals surface area (Å²) < 4.78 is 0. The zero-order valence-corrected chi connectivity index (χ0v) is 9.38. The van der Waals surface area contributed by atoms with Crippen LogP contribution in [0.1, 0.15) is 10.5 Å². The molecule has 0 aliphatic heterocycles. The van der Waals surface area contributed by atoms with E-state index in [4.69, 9.17) is 23.2 Å². The van der Waals surface area contributed by atoms with E-state index >= 15 is 0 Å². The summed E-state index contributed by atoms with van der Waals surface area (Å²) in [4.78, 5) is 14.3. The lowest BCUT2D eigenvalue weighted by Gasteiger charge is -2.00. The fourth-order valence-corrected chi connectivity index (χ4v) is 1.33. The minimum absolute atomic E-state index is 0.265. The minimum Gasteiger partial charge on any atom is -0.356 e. The quantitative estimate of drug-likeness (QED) is 0.867. The summed E-state index contributed by atoms with van der Waals surface area (Å²) in [5.41, 5.74) is 0.349. The normalized spacial score (nSPS) is 10.1. The van der Waals surface area contributed by atoms with E-state index in [1.807, 2.05) is 0 Å². The Kier molecular flexibility index (Phi) is 3.07. The zero-order valence-electron chi connectivity index (χ0n) is 7.87. The number of rotatable bonds is 2. The van der Waals surface area contributed by atoms with E-state index in [2.05, 4.69) is 20.5 Å². The molecule has 0 aromatic carbocycles. The second-order valence-corrected chi connectivity index (χ2v) is 3.75. The molecule has 16 heavy (non-hydrogen) atoms. The second kappa shape index (κ2) is 4.51. The SMILES string of the molecule is O=C(Nc1ccc(Cl)nn1)c1cc(Cl)c[nH]1. The van der Waals surface area contributed by atoms with Crippen molar-refractivity contribution < 1.29 is 4.79 Å². The van der Waals surface area contributed by atoms with Gasteiger partial charge in [0.1, 0.15) is 5.69 Å². The van der Waals surface area contributed by atoms with Crippen LogP contribution in [0.5, 0.6) is 0 Å². The number of amides is 1. The van der Waals surface area contributed by atoms with E-state index < -0.39 is 0 Å². The molecule has 0 saturated carbocycles. The standard InChI is InChI=1S/C9H6Cl2N4O/c10-5-3-6(12-4-5)9(16)13-8-2-1-7(11)14-15-8/h1-4,12H,(H,13,15,16). The predicted octanol–water partition coefficient (Wildman–Crippen LogP) is 2.36. The summed E-state index contributed by atoms with van der Waals surface area (Å²) >= 11 is 11.2. The van der Waals surface area contributed by atoms with E-state index in [-0.39, 0.29) is 11.1 Å². The first-order valence-electron chi connectivity index (χ1n) is 4.29. The molecule has 0 spiro atoms. The van der Waals surface area contributed by atoms with Gasteiger partial charge in [-0.3, -0.25) is 4.79 Å². The van der Waals surface area contributed by atoms with Crippen LogP contribution < -0.4 is 5.32 Å². The maximum Gasteiger partial charge on any atom is 0.273 e. The summed E-state index contributed by atoms with van der Waals surface area (Å²) in [5.74, 6) is -0.0244. The zero-order chi connectivity index (χ0) is 11.5. The van der Waals surface area contributed by atoms with Gasteiger partial charge in [0.15, 0.2) is 11.0 Å². The van der Waals surface area contributed by atoms with Gasteiger partial charge in [-0.05, 0) is 18.2 Å². The number of carbonyl (C=O) groups excluding carboxylic acids is 1. The molecular formula is C9H6Cl2N4O. The Labute approximate surface area is 101 Å². The van der Waals surface area contributed by atoms with Gasteiger partial charge in [0.25, 0.3) is 5.91 Å². The number of halogens is 2. The van der Waals surface area contributed by atoms with Crippen LogP contribution in [0.4, 0.5) is 5.82 Å². The lowest BCUT2D eigenvalue weighted by Crippen LogP contribution is -2.13. The van der Waals surface area contributed by atoms with Crippen LogP contribution in [0, 0.1) is 0 Å². The van der Waals surface area contributed by atoms with E-state index in [9.17, 15) is 4.79 Å². The Morgan fingerprint density at radius 2 is 2.12 bits per heavy atom. The number of hydrogen-bond acceptors (Lipinski definition) is 3. The second-order valence-electron chi connectivity index (χ2n) is 2.93. The van der Waals surface area contributed by atoms with Gasteiger partial charge < -0.3 is 10.3 Å². The van der Waals surface area contributed by atoms with Crippen LogP contribution in [-0.2, 0) is 0 Å². The molecule has 82 valence electrons. The van der Waals surface area contributed by atoms with Crippen molar-refractivity contribution in [1.82, 2.24) is 15.2 Å². The van der Waals surface area contributed by atoms with Crippen molar-refractivity contribution in [3.8, 4) is 0 Å². The number of nitrogens with zero attached hydrogens (tertiary/aromatic N) is 2. The summed E-state index contributed by atoms with van der Waals surface area (Å²) in [7, 11) is 0. The average molecular weight is 257 g/mol. The predicted molar refractivity (Wildman–Crippen MR) is 60.8 cm³/mol. The Bertz CT molecular complexity index is 508. The molecule has 0 aliphatic rings. The number of anilines is 1. The monoisotopic (exact) mass is 256 g/mol. The van der Waals surface area contributed by atoms with Crippen molar-refractivity contribution >= 4 is 34.9 Å². The lowest BCUT2D eigenvalue weighted by atomic mass is 10.4. The van der Waals surface area contributed by atoms with Crippen LogP contribution in [0.25, 0.3) is 0 Å². The Morgan fingerprint density at radius 3 is 2.69 bits per heavy atom. The Hall–Kier alpha value is -1.59. The maximum atomic E-state index is 11.6. The summed E-state index contributed by atoms with van der Waals surface area (Å²) in [6.07, 6.45) is 1.52. The van der Waals surface area contributed by atoms with Crippen molar-refractivity contribution in [2.24, 2.45) is 0 Å². The van der Waals surface area contributed by atoms with Gasteiger partial charge in [-0.2, -0.15) is 0 Å². The molecule has 0 radical (unpaired) electrons. The molecule has 0 aliphatic carbocycles. The van der Waals surface area contributed by atoms with E-state index in [1.54, 1.807) is 6.07 Å². The van der Waals surface area contributed by atoms with Crippen LogP contribution in [0.15, 0.2) is 24.4 Å². The summed E-state index contributed by atoms with van der Waals surface area (Å²) in [5, 5.41) is 10.6. The van der Waals surface area contributed by atoms with Crippen molar-refractivity contribution in [2.75, 3.05) is 5.32 Å². The number of aromatic nitrogens is 3. The molecule has 2 rings (SSSR count). The smallest absolute Gasteiger partial charge is 0.273 e. The first-order chi connectivity index (χ1) is 7.65. The molecule has 5 nitrogen and oxygen atoms in total. The fourth-order valence-electron chi connectivity index (χ4n) is 1.07. The molecular weight excluding hydrogens is 251 g/mol. The van der Waals surface area contributed by atoms with Crippen LogP contribution in [0.3, 0.4) is 0 Å². The molecule has 2 aromatic rings. The van der Waals surface area contributed by atoms with Gasteiger partial charge in [0, 0.05) is 6.20 Å². The van der Waals surface area contributed by atoms with Gasteiger partial charge >= 0.3 is 0 Å². The van der Waals surface area contributed by atoms with E-state index in [1.165, 1.54) is 18.3 Å². The molecule has 0 saturated heterocycles. The van der Waals surface area contributed by atoms with Crippen molar-refractivity contribution in [3.05, 3.63) is 40.3 Å². The first-order valence-corrected chi connectivity index (χ1v) is 5.05. The summed E-state index contributed by atoms with van der Waals surface area (Å²) in [6.45, 7) is 0. The van der Waals surface area contributed by atoms with Crippen LogP contribution in [-0.4, -0.2) is 21.1 Å². The largest absolute Gasteiger partial charge is 0.356 e. The third-order valence-electron chi connectivity index (χ3n) is 1.77. The van der Waals surface area contributed by atoms with E-state index in [0.29, 0.717) is 16.5 Å². The van der Waals surface area contributed by atoms with Gasteiger partial charge in [0.05, 0.1) is 5.02 Å². The number of hydrogen-bond donors (Lipinski definition) is 2. The molecule has 0 bridgehead atoms. The third-order valence-corrected chi connectivity index (χ3v) is 2.19. The number of aromatic amines is 1. The molecule has 2 aromatic heterocycles. The Balaban J connectivity index is 2.10. The first kappa shape index (κ1) is 10.9. The molecule has 2 heterocycles. The van der Waals surface area contributed by atoms with Gasteiger partial charge in [0.2, 0.25) is 0 Å². The fraction of sp³-hybridized carbons (Fsp3) is 0. The maximum absolute atomic E-state index is 11.6. The van der Waals surface area contributed by atoms with Crippen molar-refractivity contribution in [3.63, 3.8) is 0 Å². The highest BCUT2D eigenvalue weighted by Crippen LogP contribution is 2.11. The van der Waals surface area contributed by atoms with Gasteiger partial charge in [-0.1, -0.05) is 23.2 Å². The Morgan fingerprint density at radius 1 is 1.31 bits per heavy atom. The average Bonchev–Trinajstić information content (AvgIpc) is 2.68. The van der Waals surface area contributed by atoms with Crippen molar-refractivity contribution in [1.29, 1.82) is 0 Å². The highest BCUT2D eigenvalue weighted by atomic mass is 35.5. The minimum atomic E-state index is -0.344. The molecule has 2 N–H and O–H groups in total. The highest BCUT2D eigenvalue weighted by Gasteiger charge is 2.08. The van der Waals surface area contributed by atoms with Gasteiger partial charge in [-0.15, -0.1) is 10.2 Å². The van der Waals surface area contributed by atoms with Gasteiger partial charge in [-0.25, -0.2) is 0 Å². The third kappa shape index (κ3) is 2.50. The number of nitrogens with one attached hydrogen (secondary N) is 2. The number of H-pyrrole nitrogens is 1. The molecule has 1 amide bonds. The molecule has 7 heteroatoms. The molecule has 0 fully saturated rings. The highest BCUT2D eigenvalue weighted by molar-refractivity contribution is 6.31. The van der Waals surface area contributed by atoms with Crippen LogP contribution >= 0.6 is 23.2 Å². The van der Waals surface area contributed by atoms with E-state index in [0.717, 1.165) is 0 Å². The molecule has 0 atom stereocenters. The topological polar surface area (TPSA) is 70.7 Å². The lowest BCUT2D eigenvalue weighted by molar-refractivity contribution is 0.102. The number of carbonyl (C=O) groups is 1. The summed E-state index contributed by atoms with van der Waals surface area (Å²) in [6, 6.07) is 4.60. The van der Waals surface area contributed by atoms with Crippen LogP contribution in [0.2, 0.25) is 10.2 Å². The molecule has 0 unspecified atom stereocenters.